The molecule has 2 saturated heterocycles. The molecular formula is C18H21N3O7. The number of fused-ring (bicyclic) bond motifs is 1. The SMILES string of the molecule is CC1(C)O[C@@H]2[C@H](O1)[C@@H](CO)O[C@H]2n1cc(C(O)c2ccncc2)c(=O)[nH]c1=O. The van der Waals surface area contributed by atoms with Gasteiger partial charge in [-0.05, 0) is 31.5 Å². The molecule has 0 spiro atoms. The van der Waals surface area contributed by atoms with Crippen molar-refractivity contribution in [3.8, 4) is 0 Å². The first-order valence-electron chi connectivity index (χ1n) is 8.86. The van der Waals surface area contributed by atoms with Crippen molar-refractivity contribution in [2.45, 2.75) is 50.3 Å². The van der Waals surface area contributed by atoms with E-state index in [-0.39, 0.29) is 12.2 Å². The zero-order valence-corrected chi connectivity index (χ0v) is 15.3. The van der Waals surface area contributed by atoms with E-state index in [0.717, 1.165) is 4.57 Å². The van der Waals surface area contributed by atoms with E-state index < -0.39 is 47.7 Å². The molecule has 150 valence electrons. The average molecular weight is 391 g/mol. The van der Waals surface area contributed by atoms with Crippen LogP contribution >= 0.6 is 0 Å². The molecule has 0 aromatic carbocycles. The van der Waals surface area contributed by atoms with Crippen LogP contribution in [0.4, 0.5) is 0 Å². The predicted molar refractivity (Wildman–Crippen MR) is 94.4 cm³/mol. The van der Waals surface area contributed by atoms with Crippen LogP contribution in [-0.4, -0.2) is 55.5 Å². The van der Waals surface area contributed by atoms with Gasteiger partial charge in [0, 0.05) is 18.6 Å². The van der Waals surface area contributed by atoms with E-state index in [2.05, 4.69) is 9.97 Å². The summed E-state index contributed by atoms with van der Waals surface area (Å²) in [5.41, 5.74) is -1.00. The van der Waals surface area contributed by atoms with Crippen molar-refractivity contribution in [1.29, 1.82) is 0 Å². The molecule has 0 radical (unpaired) electrons. The van der Waals surface area contributed by atoms with E-state index in [1.54, 1.807) is 26.0 Å². The van der Waals surface area contributed by atoms with Gasteiger partial charge in [0.1, 0.15) is 24.4 Å². The summed E-state index contributed by atoms with van der Waals surface area (Å²) < 4.78 is 18.6. The fourth-order valence-corrected chi connectivity index (χ4v) is 3.64. The number of H-pyrrole nitrogens is 1. The average Bonchev–Trinajstić information content (AvgIpc) is 3.15. The van der Waals surface area contributed by atoms with E-state index in [1.165, 1.54) is 18.6 Å². The highest BCUT2D eigenvalue weighted by Crippen LogP contribution is 2.42. The van der Waals surface area contributed by atoms with E-state index in [9.17, 15) is 19.8 Å². The maximum absolute atomic E-state index is 12.5. The molecule has 0 saturated carbocycles. The molecule has 4 rings (SSSR count). The molecule has 10 nitrogen and oxygen atoms in total. The van der Waals surface area contributed by atoms with E-state index in [0.29, 0.717) is 5.56 Å². The molecule has 2 aliphatic rings. The standard InChI is InChI=1S/C18H21N3O7/c1-18(2)27-13-11(8-22)26-16(14(13)28-18)21-7-10(15(24)20-17(21)25)12(23)9-3-5-19-6-4-9/h3-7,11-14,16,22-23H,8H2,1-2H3,(H,20,24,25)/t11-,12?,13-,14-,16-/m1/s1. The number of nitrogens with one attached hydrogen (secondary N) is 1. The Bertz CT molecular complexity index is 971. The normalized spacial score (nSPS) is 29.6. The van der Waals surface area contributed by atoms with Crippen LogP contribution < -0.4 is 11.2 Å². The fourth-order valence-electron chi connectivity index (χ4n) is 3.64. The Morgan fingerprint density at radius 3 is 2.61 bits per heavy atom. The molecule has 2 aliphatic heterocycles. The maximum Gasteiger partial charge on any atom is 0.330 e. The highest BCUT2D eigenvalue weighted by atomic mass is 16.8. The number of hydrogen-bond acceptors (Lipinski definition) is 8. The highest BCUT2D eigenvalue weighted by Gasteiger charge is 2.56. The fraction of sp³-hybridized carbons (Fsp3) is 0.500. The molecule has 28 heavy (non-hydrogen) atoms. The Hall–Kier alpha value is -2.37. The minimum Gasteiger partial charge on any atom is -0.394 e. The third-order valence-corrected chi connectivity index (χ3v) is 4.89. The number of aliphatic hydroxyl groups excluding tert-OH is 2. The minimum absolute atomic E-state index is 0.0310. The quantitative estimate of drug-likeness (QED) is 0.630. The number of ether oxygens (including phenoxy) is 3. The summed E-state index contributed by atoms with van der Waals surface area (Å²) >= 11 is 0. The third kappa shape index (κ3) is 3.19. The molecule has 1 unspecified atom stereocenters. The molecular weight excluding hydrogens is 370 g/mol. The van der Waals surface area contributed by atoms with Crippen molar-refractivity contribution in [3.63, 3.8) is 0 Å². The molecule has 10 heteroatoms. The lowest BCUT2D eigenvalue weighted by Gasteiger charge is -2.24. The summed E-state index contributed by atoms with van der Waals surface area (Å²) in [4.78, 5) is 30.8. The Morgan fingerprint density at radius 1 is 1.25 bits per heavy atom. The molecule has 0 aliphatic carbocycles. The van der Waals surface area contributed by atoms with Crippen molar-refractivity contribution in [2.75, 3.05) is 6.61 Å². The largest absolute Gasteiger partial charge is 0.394 e. The van der Waals surface area contributed by atoms with Gasteiger partial charge in [0.15, 0.2) is 12.0 Å². The summed E-state index contributed by atoms with van der Waals surface area (Å²) in [6, 6.07) is 3.14. The second-order valence-corrected chi connectivity index (χ2v) is 7.25. The van der Waals surface area contributed by atoms with Gasteiger partial charge < -0.3 is 24.4 Å². The second-order valence-electron chi connectivity index (χ2n) is 7.25. The topological polar surface area (TPSA) is 136 Å². The lowest BCUT2D eigenvalue weighted by atomic mass is 10.1. The molecule has 2 fully saturated rings. The van der Waals surface area contributed by atoms with E-state index in [1.807, 2.05) is 0 Å². The lowest BCUT2D eigenvalue weighted by molar-refractivity contribution is -0.200. The number of pyridine rings is 1. The van der Waals surface area contributed by atoms with Gasteiger partial charge in [0.25, 0.3) is 5.56 Å². The summed E-state index contributed by atoms with van der Waals surface area (Å²) in [5, 5.41) is 20.2. The van der Waals surface area contributed by atoms with Gasteiger partial charge in [0.2, 0.25) is 0 Å². The van der Waals surface area contributed by atoms with Gasteiger partial charge in [-0.25, -0.2) is 4.79 Å². The van der Waals surface area contributed by atoms with Crippen molar-refractivity contribution in [2.24, 2.45) is 0 Å². The van der Waals surface area contributed by atoms with Crippen LogP contribution in [0.2, 0.25) is 0 Å². The molecule has 2 aromatic heterocycles. The molecule has 3 N–H and O–H groups in total. The highest BCUT2D eigenvalue weighted by molar-refractivity contribution is 5.25. The van der Waals surface area contributed by atoms with Crippen LogP contribution in [0.1, 0.15) is 37.3 Å². The van der Waals surface area contributed by atoms with Gasteiger partial charge in [-0.3, -0.25) is 19.3 Å². The van der Waals surface area contributed by atoms with Gasteiger partial charge in [-0.15, -0.1) is 0 Å². The van der Waals surface area contributed by atoms with E-state index in [4.69, 9.17) is 14.2 Å². The Labute approximate surface area is 159 Å². The van der Waals surface area contributed by atoms with Gasteiger partial charge in [-0.2, -0.15) is 0 Å². The molecule has 0 amide bonds. The van der Waals surface area contributed by atoms with Crippen LogP contribution in [0, 0.1) is 0 Å². The maximum atomic E-state index is 12.5. The first-order valence-corrected chi connectivity index (χ1v) is 8.86. The summed E-state index contributed by atoms with van der Waals surface area (Å²) in [5.74, 6) is -0.907. The number of aromatic nitrogens is 3. The van der Waals surface area contributed by atoms with Gasteiger partial charge in [-0.1, -0.05) is 0 Å². The van der Waals surface area contributed by atoms with Crippen molar-refractivity contribution < 1.29 is 24.4 Å². The zero-order valence-electron chi connectivity index (χ0n) is 15.3. The molecule has 2 aromatic rings. The first kappa shape index (κ1) is 19.0. The van der Waals surface area contributed by atoms with Crippen molar-refractivity contribution in [3.05, 3.63) is 62.7 Å². The predicted octanol–water partition coefficient (Wildman–Crippen LogP) is -0.577. The summed E-state index contributed by atoms with van der Waals surface area (Å²) in [7, 11) is 0. The van der Waals surface area contributed by atoms with Crippen LogP contribution in [-0.2, 0) is 14.2 Å². The number of aromatic amines is 1. The number of hydrogen-bond donors (Lipinski definition) is 3. The number of nitrogens with zero attached hydrogens (tertiary/aromatic N) is 2. The Kier molecular flexibility index (Phi) is 4.68. The first-order chi connectivity index (χ1) is 13.3. The summed E-state index contributed by atoms with van der Waals surface area (Å²) in [6.45, 7) is 3.14. The number of rotatable bonds is 4. The van der Waals surface area contributed by atoms with Crippen LogP contribution in [0.15, 0.2) is 40.3 Å². The van der Waals surface area contributed by atoms with Crippen LogP contribution in [0.25, 0.3) is 0 Å². The minimum atomic E-state index is -1.26. The Balaban J connectivity index is 1.74. The van der Waals surface area contributed by atoms with Gasteiger partial charge >= 0.3 is 5.69 Å². The van der Waals surface area contributed by atoms with E-state index >= 15 is 0 Å². The monoisotopic (exact) mass is 391 g/mol. The lowest BCUT2D eigenvalue weighted by Crippen LogP contribution is -2.39. The third-order valence-electron chi connectivity index (χ3n) is 4.89. The molecule has 4 heterocycles. The van der Waals surface area contributed by atoms with Crippen LogP contribution in [0.5, 0.6) is 0 Å². The number of aliphatic hydroxyl groups is 2. The Morgan fingerprint density at radius 2 is 1.93 bits per heavy atom. The second kappa shape index (κ2) is 6.90. The van der Waals surface area contributed by atoms with Crippen molar-refractivity contribution >= 4 is 0 Å². The summed E-state index contributed by atoms with van der Waals surface area (Å²) in [6.07, 6.45) is 0.111. The van der Waals surface area contributed by atoms with Crippen molar-refractivity contribution in [1.82, 2.24) is 14.5 Å². The molecule has 0 bridgehead atoms. The zero-order chi connectivity index (χ0) is 20.1. The smallest absolute Gasteiger partial charge is 0.330 e. The van der Waals surface area contributed by atoms with Gasteiger partial charge in [0.05, 0.1) is 12.2 Å². The molecule has 5 atom stereocenters. The van der Waals surface area contributed by atoms with Crippen LogP contribution in [0.3, 0.4) is 0 Å².